The molecule has 190 valence electrons. The molecule has 1 saturated carbocycles. The number of alkyl carbamates (subject to hydrolysis) is 1. The zero-order valence-corrected chi connectivity index (χ0v) is 21.2. The second kappa shape index (κ2) is 13.4. The molecule has 0 bridgehead atoms. The standard InChI is InChI=1S/C27H41NO6/c1-5-32-25(31)28-20-27(4)18-22(17-26(2,3)19-27)16-24(30)34-15-9-14-33-23(29)13-12-21-10-7-6-8-11-21/h6-8,10-11,22H,5,9,12-20H2,1-4H3,(H,28,31). The van der Waals surface area contributed by atoms with E-state index in [4.69, 9.17) is 14.2 Å². The van der Waals surface area contributed by atoms with Gasteiger partial charge in [-0.3, -0.25) is 9.59 Å². The number of ether oxygens (including phenoxy) is 3. The fourth-order valence-electron chi connectivity index (χ4n) is 5.29. The summed E-state index contributed by atoms with van der Waals surface area (Å²) in [6, 6.07) is 9.81. The van der Waals surface area contributed by atoms with Gasteiger partial charge in [-0.15, -0.1) is 0 Å². The fraction of sp³-hybridized carbons (Fsp3) is 0.667. The van der Waals surface area contributed by atoms with Gasteiger partial charge < -0.3 is 19.5 Å². The van der Waals surface area contributed by atoms with E-state index in [1.54, 1.807) is 6.92 Å². The lowest BCUT2D eigenvalue weighted by molar-refractivity contribution is -0.147. The van der Waals surface area contributed by atoms with E-state index in [1.165, 1.54) is 0 Å². The Labute approximate surface area is 203 Å². The number of nitrogens with one attached hydrogen (secondary N) is 1. The Bertz CT molecular complexity index is 794. The molecule has 1 aromatic rings. The highest BCUT2D eigenvalue weighted by Gasteiger charge is 2.42. The van der Waals surface area contributed by atoms with Gasteiger partial charge in [-0.1, -0.05) is 51.1 Å². The highest BCUT2D eigenvalue weighted by molar-refractivity contribution is 5.70. The molecule has 0 heterocycles. The average molecular weight is 476 g/mol. The Balaban J connectivity index is 1.66. The van der Waals surface area contributed by atoms with E-state index in [2.05, 4.69) is 26.1 Å². The predicted molar refractivity (Wildman–Crippen MR) is 130 cm³/mol. The molecule has 1 aromatic carbocycles. The van der Waals surface area contributed by atoms with Crippen molar-refractivity contribution in [2.45, 2.75) is 72.6 Å². The summed E-state index contributed by atoms with van der Waals surface area (Å²) >= 11 is 0. The summed E-state index contributed by atoms with van der Waals surface area (Å²) < 4.78 is 15.6. The maximum absolute atomic E-state index is 12.4. The van der Waals surface area contributed by atoms with Gasteiger partial charge in [-0.05, 0) is 54.9 Å². The van der Waals surface area contributed by atoms with Crippen LogP contribution < -0.4 is 5.32 Å². The first-order valence-corrected chi connectivity index (χ1v) is 12.4. The Kier molecular flexibility index (Phi) is 10.9. The maximum Gasteiger partial charge on any atom is 0.407 e. The summed E-state index contributed by atoms with van der Waals surface area (Å²) in [5.74, 6) is -0.268. The Morgan fingerprint density at radius 1 is 0.971 bits per heavy atom. The lowest BCUT2D eigenvalue weighted by atomic mass is 9.60. The van der Waals surface area contributed by atoms with Crippen molar-refractivity contribution in [2.75, 3.05) is 26.4 Å². The van der Waals surface area contributed by atoms with E-state index in [-0.39, 0.29) is 41.9 Å². The van der Waals surface area contributed by atoms with Gasteiger partial charge in [-0.2, -0.15) is 0 Å². The Morgan fingerprint density at radius 2 is 1.65 bits per heavy atom. The quantitative estimate of drug-likeness (QED) is 0.258. The molecule has 0 radical (unpaired) electrons. The zero-order chi connectivity index (χ0) is 25.0. The zero-order valence-electron chi connectivity index (χ0n) is 21.2. The summed E-state index contributed by atoms with van der Waals surface area (Å²) in [7, 11) is 0. The summed E-state index contributed by atoms with van der Waals surface area (Å²) in [6.45, 7) is 9.70. The van der Waals surface area contributed by atoms with Crippen LogP contribution in [0.1, 0.15) is 71.8 Å². The molecule has 7 heteroatoms. The summed E-state index contributed by atoms with van der Waals surface area (Å²) in [5, 5.41) is 2.86. The first-order chi connectivity index (χ1) is 16.1. The highest BCUT2D eigenvalue weighted by Crippen LogP contribution is 2.49. The van der Waals surface area contributed by atoms with Gasteiger partial charge in [0.25, 0.3) is 0 Å². The number of hydrogen-bond donors (Lipinski definition) is 1. The predicted octanol–water partition coefficient (Wildman–Crippen LogP) is 5.06. The maximum atomic E-state index is 12.4. The molecule has 1 N–H and O–H groups in total. The first-order valence-electron chi connectivity index (χ1n) is 12.4. The van der Waals surface area contributed by atoms with Gasteiger partial charge in [0.05, 0.1) is 19.8 Å². The molecular formula is C27H41NO6. The van der Waals surface area contributed by atoms with Crippen LogP contribution in [-0.4, -0.2) is 44.4 Å². The van der Waals surface area contributed by atoms with Crippen molar-refractivity contribution in [3.8, 4) is 0 Å². The van der Waals surface area contributed by atoms with Crippen LogP contribution in [0.5, 0.6) is 0 Å². The summed E-state index contributed by atoms with van der Waals surface area (Å²) in [5.41, 5.74) is 1.07. The number of rotatable bonds is 12. The van der Waals surface area contributed by atoms with Crippen molar-refractivity contribution in [1.82, 2.24) is 5.32 Å². The van der Waals surface area contributed by atoms with Crippen LogP contribution in [0, 0.1) is 16.7 Å². The van der Waals surface area contributed by atoms with Gasteiger partial charge >= 0.3 is 18.0 Å². The molecule has 1 amide bonds. The lowest BCUT2D eigenvalue weighted by Crippen LogP contribution is -2.44. The van der Waals surface area contributed by atoms with E-state index in [1.807, 2.05) is 30.3 Å². The van der Waals surface area contributed by atoms with Crippen molar-refractivity contribution in [2.24, 2.45) is 16.7 Å². The van der Waals surface area contributed by atoms with Crippen LogP contribution in [-0.2, 0) is 30.2 Å². The highest BCUT2D eigenvalue weighted by atomic mass is 16.6. The second-order valence-electron chi connectivity index (χ2n) is 10.5. The summed E-state index contributed by atoms with van der Waals surface area (Å²) in [6.07, 6.45) is 4.19. The normalized spacial score (nSPS) is 21.4. The topological polar surface area (TPSA) is 90.9 Å². The summed E-state index contributed by atoms with van der Waals surface area (Å²) in [4.78, 5) is 36.0. The minimum atomic E-state index is -0.399. The van der Waals surface area contributed by atoms with E-state index in [9.17, 15) is 14.4 Å². The molecule has 1 fully saturated rings. The van der Waals surface area contributed by atoms with Gasteiger partial charge in [0.2, 0.25) is 0 Å². The van der Waals surface area contributed by atoms with Crippen LogP contribution in [0.25, 0.3) is 0 Å². The van der Waals surface area contributed by atoms with E-state index in [0.717, 1.165) is 24.8 Å². The number of amides is 1. The van der Waals surface area contributed by atoms with E-state index < -0.39 is 6.09 Å². The van der Waals surface area contributed by atoms with Crippen LogP contribution in [0.3, 0.4) is 0 Å². The van der Waals surface area contributed by atoms with Crippen LogP contribution in [0.15, 0.2) is 30.3 Å². The van der Waals surface area contributed by atoms with Crippen LogP contribution >= 0.6 is 0 Å². The number of aryl methyl sites for hydroxylation is 1. The molecule has 2 rings (SSSR count). The molecule has 1 aliphatic rings. The van der Waals surface area contributed by atoms with Gasteiger partial charge in [0.1, 0.15) is 0 Å². The number of carbonyl (C=O) groups excluding carboxylic acids is 3. The molecule has 0 aromatic heterocycles. The molecule has 7 nitrogen and oxygen atoms in total. The van der Waals surface area contributed by atoms with Crippen molar-refractivity contribution in [3.05, 3.63) is 35.9 Å². The van der Waals surface area contributed by atoms with Gasteiger partial charge in [-0.25, -0.2) is 4.79 Å². The van der Waals surface area contributed by atoms with Crippen molar-refractivity contribution >= 4 is 18.0 Å². The third kappa shape index (κ3) is 10.6. The fourth-order valence-corrected chi connectivity index (χ4v) is 5.29. The van der Waals surface area contributed by atoms with Gasteiger partial charge in [0, 0.05) is 25.8 Å². The largest absolute Gasteiger partial charge is 0.466 e. The second-order valence-corrected chi connectivity index (χ2v) is 10.5. The Hall–Kier alpha value is -2.57. The lowest BCUT2D eigenvalue weighted by Gasteiger charge is -2.46. The third-order valence-corrected chi connectivity index (χ3v) is 6.19. The molecule has 34 heavy (non-hydrogen) atoms. The van der Waals surface area contributed by atoms with E-state index >= 15 is 0 Å². The number of carbonyl (C=O) groups is 3. The van der Waals surface area contributed by atoms with Crippen molar-refractivity contribution in [1.29, 1.82) is 0 Å². The molecule has 0 spiro atoms. The molecule has 0 saturated heterocycles. The molecule has 2 atom stereocenters. The average Bonchev–Trinajstić information content (AvgIpc) is 2.76. The third-order valence-electron chi connectivity index (χ3n) is 6.19. The first kappa shape index (κ1) is 27.7. The number of esters is 2. The molecule has 1 aliphatic carbocycles. The number of benzene rings is 1. The smallest absolute Gasteiger partial charge is 0.407 e. The molecular weight excluding hydrogens is 434 g/mol. The van der Waals surface area contributed by atoms with Crippen LogP contribution in [0.2, 0.25) is 0 Å². The number of hydrogen-bond acceptors (Lipinski definition) is 6. The Morgan fingerprint density at radius 3 is 2.32 bits per heavy atom. The van der Waals surface area contributed by atoms with Crippen LogP contribution in [0.4, 0.5) is 4.79 Å². The molecule has 0 aliphatic heterocycles. The monoisotopic (exact) mass is 475 g/mol. The minimum Gasteiger partial charge on any atom is -0.466 e. The van der Waals surface area contributed by atoms with E-state index in [0.29, 0.717) is 38.8 Å². The minimum absolute atomic E-state index is 0.0717. The SMILES string of the molecule is CCOC(=O)NCC1(C)CC(CC(=O)OCCCOC(=O)CCc2ccccc2)CC(C)(C)C1. The van der Waals surface area contributed by atoms with Crippen molar-refractivity contribution < 1.29 is 28.6 Å². The van der Waals surface area contributed by atoms with Crippen molar-refractivity contribution in [3.63, 3.8) is 0 Å². The molecule has 2 unspecified atom stereocenters. The van der Waals surface area contributed by atoms with Gasteiger partial charge in [0.15, 0.2) is 0 Å².